The summed E-state index contributed by atoms with van der Waals surface area (Å²) in [5.74, 6) is 0. The largest absolute Gasteiger partial charge is 0.324 e. The fourth-order valence-electron chi connectivity index (χ4n) is 2.35. The molecule has 2 rings (SSSR count). The summed E-state index contributed by atoms with van der Waals surface area (Å²) < 4.78 is 0. The van der Waals surface area contributed by atoms with E-state index >= 15 is 0 Å². The van der Waals surface area contributed by atoms with Gasteiger partial charge in [0.25, 0.3) is 0 Å². The molecular weight excluding hydrogens is 196 g/mol. The van der Waals surface area contributed by atoms with E-state index in [9.17, 15) is 0 Å². The number of benzene rings is 1. The summed E-state index contributed by atoms with van der Waals surface area (Å²) in [5, 5.41) is 0. The first kappa shape index (κ1) is 11.6. The Kier molecular flexibility index (Phi) is 3.97. The van der Waals surface area contributed by atoms with Gasteiger partial charge in [-0.15, -0.1) is 0 Å². The van der Waals surface area contributed by atoms with Gasteiger partial charge in [0, 0.05) is 12.6 Å². The maximum atomic E-state index is 5.90. The van der Waals surface area contributed by atoms with Crippen molar-refractivity contribution >= 4 is 0 Å². The van der Waals surface area contributed by atoms with Gasteiger partial charge in [0.15, 0.2) is 0 Å². The molecule has 0 spiro atoms. The minimum atomic E-state index is 0.140. The second-order valence-corrected chi connectivity index (χ2v) is 4.87. The molecule has 16 heavy (non-hydrogen) atoms. The first-order valence-electron chi connectivity index (χ1n) is 6.32. The van der Waals surface area contributed by atoms with Crippen LogP contribution in [0.25, 0.3) is 0 Å². The standard InChI is InChI=1S/C14H22N2/c1-12(15)14-7-5-6-13(10-14)11-16-8-3-2-4-9-16/h5-7,10,12H,2-4,8-9,11,15H2,1H3. The Morgan fingerprint density at radius 1 is 1.25 bits per heavy atom. The topological polar surface area (TPSA) is 29.3 Å². The normalized spacial score (nSPS) is 19.6. The molecule has 0 aromatic heterocycles. The Morgan fingerprint density at radius 2 is 2.00 bits per heavy atom. The van der Waals surface area contributed by atoms with Gasteiger partial charge in [-0.05, 0) is 44.0 Å². The van der Waals surface area contributed by atoms with Crippen LogP contribution in [0.1, 0.15) is 43.4 Å². The van der Waals surface area contributed by atoms with Gasteiger partial charge in [-0.2, -0.15) is 0 Å². The highest BCUT2D eigenvalue weighted by atomic mass is 15.1. The highest BCUT2D eigenvalue weighted by molar-refractivity contribution is 5.25. The van der Waals surface area contributed by atoms with Crippen molar-refractivity contribution in [2.24, 2.45) is 5.73 Å². The summed E-state index contributed by atoms with van der Waals surface area (Å²) in [5.41, 5.74) is 8.55. The molecule has 1 atom stereocenters. The van der Waals surface area contributed by atoms with E-state index in [4.69, 9.17) is 5.73 Å². The van der Waals surface area contributed by atoms with Gasteiger partial charge < -0.3 is 5.73 Å². The highest BCUT2D eigenvalue weighted by Crippen LogP contribution is 2.16. The van der Waals surface area contributed by atoms with E-state index < -0.39 is 0 Å². The number of hydrogen-bond acceptors (Lipinski definition) is 2. The zero-order valence-electron chi connectivity index (χ0n) is 10.2. The average molecular weight is 218 g/mol. The van der Waals surface area contributed by atoms with E-state index in [1.165, 1.54) is 43.5 Å². The molecule has 1 aromatic carbocycles. The molecule has 0 aliphatic carbocycles. The fourth-order valence-corrected chi connectivity index (χ4v) is 2.35. The number of hydrogen-bond donors (Lipinski definition) is 1. The molecule has 1 fully saturated rings. The molecule has 1 saturated heterocycles. The summed E-state index contributed by atoms with van der Waals surface area (Å²) in [6, 6.07) is 8.84. The lowest BCUT2D eigenvalue weighted by atomic mass is 10.0. The van der Waals surface area contributed by atoms with Crippen LogP contribution in [0.4, 0.5) is 0 Å². The van der Waals surface area contributed by atoms with Gasteiger partial charge in [0.1, 0.15) is 0 Å². The summed E-state index contributed by atoms with van der Waals surface area (Å²) in [6.07, 6.45) is 4.11. The second kappa shape index (κ2) is 5.46. The van der Waals surface area contributed by atoms with E-state index in [1.807, 2.05) is 6.92 Å². The molecule has 0 amide bonds. The Labute approximate surface area is 98.4 Å². The van der Waals surface area contributed by atoms with E-state index in [-0.39, 0.29) is 6.04 Å². The maximum absolute atomic E-state index is 5.90. The van der Waals surface area contributed by atoms with Crippen molar-refractivity contribution in [1.29, 1.82) is 0 Å². The van der Waals surface area contributed by atoms with Crippen LogP contribution in [-0.2, 0) is 6.54 Å². The van der Waals surface area contributed by atoms with Crippen molar-refractivity contribution < 1.29 is 0 Å². The Bertz CT molecular complexity index is 327. The fraction of sp³-hybridized carbons (Fsp3) is 0.571. The quantitative estimate of drug-likeness (QED) is 0.845. The monoisotopic (exact) mass is 218 g/mol. The van der Waals surface area contributed by atoms with Crippen LogP contribution in [0.2, 0.25) is 0 Å². The Morgan fingerprint density at radius 3 is 2.69 bits per heavy atom. The third kappa shape index (κ3) is 3.06. The highest BCUT2D eigenvalue weighted by Gasteiger charge is 2.10. The maximum Gasteiger partial charge on any atom is 0.0266 e. The van der Waals surface area contributed by atoms with Crippen LogP contribution < -0.4 is 5.73 Å². The molecule has 0 saturated carbocycles. The van der Waals surface area contributed by atoms with E-state index in [1.54, 1.807) is 0 Å². The minimum absolute atomic E-state index is 0.140. The number of nitrogens with two attached hydrogens (primary N) is 1. The van der Waals surface area contributed by atoms with Crippen molar-refractivity contribution in [1.82, 2.24) is 4.90 Å². The Balaban J connectivity index is 2.00. The number of rotatable bonds is 3. The summed E-state index contributed by atoms with van der Waals surface area (Å²) >= 11 is 0. The first-order valence-corrected chi connectivity index (χ1v) is 6.32. The van der Waals surface area contributed by atoms with Crippen molar-refractivity contribution in [3.8, 4) is 0 Å². The van der Waals surface area contributed by atoms with Gasteiger partial charge in [0.2, 0.25) is 0 Å². The number of piperidine rings is 1. The average Bonchev–Trinajstić information content (AvgIpc) is 2.30. The number of likely N-dealkylation sites (tertiary alicyclic amines) is 1. The van der Waals surface area contributed by atoms with Crippen LogP contribution in [-0.4, -0.2) is 18.0 Å². The van der Waals surface area contributed by atoms with Gasteiger partial charge in [0.05, 0.1) is 0 Å². The van der Waals surface area contributed by atoms with Crippen molar-refractivity contribution in [2.75, 3.05) is 13.1 Å². The van der Waals surface area contributed by atoms with Gasteiger partial charge in [-0.3, -0.25) is 4.90 Å². The second-order valence-electron chi connectivity index (χ2n) is 4.87. The minimum Gasteiger partial charge on any atom is -0.324 e. The lowest BCUT2D eigenvalue weighted by Gasteiger charge is -2.26. The van der Waals surface area contributed by atoms with Crippen LogP contribution in [0, 0.1) is 0 Å². The van der Waals surface area contributed by atoms with Gasteiger partial charge >= 0.3 is 0 Å². The lowest BCUT2D eigenvalue weighted by molar-refractivity contribution is 0.221. The van der Waals surface area contributed by atoms with Gasteiger partial charge in [-0.1, -0.05) is 30.7 Å². The number of nitrogens with zero attached hydrogens (tertiary/aromatic N) is 1. The van der Waals surface area contributed by atoms with Crippen LogP contribution >= 0.6 is 0 Å². The molecule has 1 heterocycles. The summed E-state index contributed by atoms with van der Waals surface area (Å²) in [7, 11) is 0. The molecule has 1 aliphatic rings. The lowest BCUT2D eigenvalue weighted by Crippen LogP contribution is -2.29. The molecule has 2 heteroatoms. The third-order valence-electron chi connectivity index (χ3n) is 3.33. The molecule has 2 N–H and O–H groups in total. The van der Waals surface area contributed by atoms with Crippen LogP contribution in [0.5, 0.6) is 0 Å². The molecule has 0 bridgehead atoms. The first-order chi connectivity index (χ1) is 7.75. The van der Waals surface area contributed by atoms with E-state index in [0.717, 1.165) is 6.54 Å². The van der Waals surface area contributed by atoms with Crippen molar-refractivity contribution in [2.45, 2.75) is 38.8 Å². The third-order valence-corrected chi connectivity index (χ3v) is 3.33. The predicted molar refractivity (Wildman–Crippen MR) is 68.2 cm³/mol. The Hall–Kier alpha value is -0.860. The SMILES string of the molecule is CC(N)c1cccc(CN2CCCCC2)c1. The van der Waals surface area contributed by atoms with E-state index in [0.29, 0.717) is 0 Å². The molecule has 88 valence electrons. The van der Waals surface area contributed by atoms with Gasteiger partial charge in [-0.25, -0.2) is 0 Å². The molecular formula is C14H22N2. The molecule has 1 aromatic rings. The molecule has 2 nitrogen and oxygen atoms in total. The van der Waals surface area contributed by atoms with E-state index in [2.05, 4.69) is 29.2 Å². The molecule has 0 radical (unpaired) electrons. The smallest absolute Gasteiger partial charge is 0.0266 e. The van der Waals surface area contributed by atoms with Crippen molar-refractivity contribution in [3.05, 3.63) is 35.4 Å². The zero-order chi connectivity index (χ0) is 11.4. The van der Waals surface area contributed by atoms with Crippen molar-refractivity contribution in [3.63, 3.8) is 0 Å². The summed E-state index contributed by atoms with van der Waals surface area (Å²) in [4.78, 5) is 2.55. The molecule has 1 aliphatic heterocycles. The summed E-state index contributed by atoms with van der Waals surface area (Å²) in [6.45, 7) is 5.63. The zero-order valence-corrected chi connectivity index (χ0v) is 10.2. The predicted octanol–water partition coefficient (Wildman–Crippen LogP) is 2.69. The molecule has 1 unspecified atom stereocenters. The van der Waals surface area contributed by atoms with Crippen LogP contribution in [0.15, 0.2) is 24.3 Å². The van der Waals surface area contributed by atoms with Crippen LogP contribution in [0.3, 0.4) is 0 Å².